The molecule has 1 aliphatic rings. The number of anilines is 1. The van der Waals surface area contributed by atoms with Crippen molar-refractivity contribution in [2.24, 2.45) is 5.92 Å². The summed E-state index contributed by atoms with van der Waals surface area (Å²) >= 11 is 0. The second kappa shape index (κ2) is 4.25. The van der Waals surface area contributed by atoms with Crippen LogP contribution in [0.1, 0.15) is 50.6 Å². The van der Waals surface area contributed by atoms with E-state index in [1.807, 2.05) is 6.92 Å². The van der Waals surface area contributed by atoms with E-state index in [4.69, 9.17) is 5.73 Å². The van der Waals surface area contributed by atoms with Gasteiger partial charge in [-0.05, 0) is 25.7 Å². The average molecular weight is 207 g/mol. The Morgan fingerprint density at radius 3 is 2.80 bits per heavy atom. The number of nitrogens with two attached hydrogens (primary N) is 1. The fourth-order valence-corrected chi connectivity index (χ4v) is 2.68. The zero-order valence-corrected chi connectivity index (χ0v) is 9.74. The quantitative estimate of drug-likeness (QED) is 0.810. The number of rotatable bonds is 2. The second-order valence-corrected chi connectivity index (χ2v) is 4.70. The van der Waals surface area contributed by atoms with Crippen LogP contribution in [0.2, 0.25) is 0 Å². The third-order valence-corrected chi connectivity index (χ3v) is 3.69. The number of nitrogens with zero attached hydrogens (tertiary/aromatic N) is 2. The standard InChI is InChI=1S/C12H21N3/c1-3-10-6-4-5-7-11(10)15-8-9(2)12(13)14-15/h8,10-11H,3-7H2,1-2H3,(H2,13,14). The van der Waals surface area contributed by atoms with E-state index in [0.29, 0.717) is 11.9 Å². The van der Waals surface area contributed by atoms with E-state index in [0.717, 1.165) is 11.5 Å². The molecule has 1 aromatic rings. The van der Waals surface area contributed by atoms with Crippen LogP contribution in [0.5, 0.6) is 0 Å². The van der Waals surface area contributed by atoms with Crippen LogP contribution in [-0.2, 0) is 0 Å². The minimum Gasteiger partial charge on any atom is -0.382 e. The Morgan fingerprint density at radius 1 is 1.47 bits per heavy atom. The maximum absolute atomic E-state index is 5.80. The normalized spacial score (nSPS) is 26.8. The molecule has 2 atom stereocenters. The number of aromatic nitrogens is 2. The molecule has 1 aromatic heterocycles. The predicted molar refractivity (Wildman–Crippen MR) is 62.7 cm³/mol. The Hall–Kier alpha value is -0.990. The smallest absolute Gasteiger partial charge is 0.148 e. The summed E-state index contributed by atoms with van der Waals surface area (Å²) in [5, 5.41) is 4.43. The number of hydrogen-bond acceptors (Lipinski definition) is 2. The van der Waals surface area contributed by atoms with Crippen molar-refractivity contribution in [3.8, 4) is 0 Å². The summed E-state index contributed by atoms with van der Waals surface area (Å²) in [6.07, 6.45) is 8.68. The zero-order valence-electron chi connectivity index (χ0n) is 9.74. The van der Waals surface area contributed by atoms with E-state index < -0.39 is 0 Å². The molecule has 1 saturated carbocycles. The van der Waals surface area contributed by atoms with Gasteiger partial charge in [-0.2, -0.15) is 5.10 Å². The first-order chi connectivity index (χ1) is 7.22. The van der Waals surface area contributed by atoms with E-state index >= 15 is 0 Å². The maximum Gasteiger partial charge on any atom is 0.148 e. The van der Waals surface area contributed by atoms with Crippen LogP contribution in [0.25, 0.3) is 0 Å². The summed E-state index contributed by atoms with van der Waals surface area (Å²) in [6.45, 7) is 4.31. The van der Waals surface area contributed by atoms with Crippen molar-refractivity contribution in [3.63, 3.8) is 0 Å². The Bertz CT molecular complexity index is 310. The fourth-order valence-electron chi connectivity index (χ4n) is 2.68. The zero-order chi connectivity index (χ0) is 10.8. The molecule has 1 heterocycles. The van der Waals surface area contributed by atoms with E-state index in [1.54, 1.807) is 0 Å². The van der Waals surface area contributed by atoms with Crippen LogP contribution in [0.3, 0.4) is 0 Å². The highest BCUT2D eigenvalue weighted by Gasteiger charge is 2.25. The molecule has 84 valence electrons. The number of nitrogen functional groups attached to an aromatic ring is 1. The third kappa shape index (κ3) is 2.01. The minimum absolute atomic E-state index is 0.583. The van der Waals surface area contributed by atoms with Crippen molar-refractivity contribution in [1.82, 2.24) is 9.78 Å². The van der Waals surface area contributed by atoms with Gasteiger partial charge in [0.1, 0.15) is 5.82 Å². The molecule has 0 amide bonds. The minimum atomic E-state index is 0.583. The summed E-state index contributed by atoms with van der Waals surface area (Å²) < 4.78 is 2.11. The third-order valence-electron chi connectivity index (χ3n) is 3.69. The van der Waals surface area contributed by atoms with E-state index in [-0.39, 0.29) is 0 Å². The summed E-state index contributed by atoms with van der Waals surface area (Å²) in [4.78, 5) is 0. The Kier molecular flexibility index (Phi) is 2.98. The van der Waals surface area contributed by atoms with E-state index in [1.165, 1.54) is 32.1 Å². The molecule has 2 unspecified atom stereocenters. The van der Waals surface area contributed by atoms with Crippen LogP contribution in [-0.4, -0.2) is 9.78 Å². The maximum atomic E-state index is 5.80. The van der Waals surface area contributed by atoms with Gasteiger partial charge in [0.25, 0.3) is 0 Å². The molecule has 2 N–H and O–H groups in total. The van der Waals surface area contributed by atoms with E-state index in [9.17, 15) is 0 Å². The van der Waals surface area contributed by atoms with Gasteiger partial charge in [0, 0.05) is 11.8 Å². The summed E-state index contributed by atoms with van der Waals surface area (Å²) in [5.74, 6) is 1.48. The van der Waals surface area contributed by atoms with Crippen molar-refractivity contribution >= 4 is 5.82 Å². The monoisotopic (exact) mass is 207 g/mol. The largest absolute Gasteiger partial charge is 0.382 e. The molecule has 0 saturated heterocycles. The predicted octanol–water partition coefficient (Wildman–Crippen LogP) is 2.92. The van der Waals surface area contributed by atoms with Crippen molar-refractivity contribution < 1.29 is 0 Å². The van der Waals surface area contributed by atoms with Crippen molar-refractivity contribution in [3.05, 3.63) is 11.8 Å². The molecule has 0 aromatic carbocycles. The van der Waals surface area contributed by atoms with Gasteiger partial charge in [-0.15, -0.1) is 0 Å². The van der Waals surface area contributed by atoms with Crippen LogP contribution in [0, 0.1) is 12.8 Å². The SMILES string of the molecule is CCC1CCCCC1n1cc(C)c(N)n1. The van der Waals surface area contributed by atoms with Gasteiger partial charge < -0.3 is 5.73 Å². The van der Waals surface area contributed by atoms with Crippen LogP contribution in [0.15, 0.2) is 6.20 Å². The van der Waals surface area contributed by atoms with Gasteiger partial charge in [0.2, 0.25) is 0 Å². The molecule has 1 aliphatic carbocycles. The Labute approximate surface area is 91.7 Å². The van der Waals surface area contributed by atoms with Crippen molar-refractivity contribution in [2.45, 2.75) is 52.0 Å². The lowest BCUT2D eigenvalue weighted by Gasteiger charge is -2.30. The average Bonchev–Trinajstić information content (AvgIpc) is 2.59. The number of hydrogen-bond donors (Lipinski definition) is 1. The lowest BCUT2D eigenvalue weighted by molar-refractivity contribution is 0.218. The van der Waals surface area contributed by atoms with Gasteiger partial charge in [-0.3, -0.25) is 4.68 Å². The summed E-state index contributed by atoms with van der Waals surface area (Å²) in [6, 6.07) is 0.583. The second-order valence-electron chi connectivity index (χ2n) is 4.70. The van der Waals surface area contributed by atoms with Gasteiger partial charge in [0.15, 0.2) is 0 Å². The highest BCUT2D eigenvalue weighted by molar-refractivity contribution is 5.35. The summed E-state index contributed by atoms with van der Waals surface area (Å²) in [5.41, 5.74) is 6.91. The molecular weight excluding hydrogens is 186 g/mol. The van der Waals surface area contributed by atoms with Gasteiger partial charge in [-0.25, -0.2) is 0 Å². The molecule has 0 spiro atoms. The molecular formula is C12H21N3. The molecule has 0 aliphatic heterocycles. The van der Waals surface area contributed by atoms with Gasteiger partial charge in [-0.1, -0.05) is 26.2 Å². The molecule has 0 radical (unpaired) electrons. The van der Waals surface area contributed by atoms with E-state index in [2.05, 4.69) is 22.9 Å². The lowest BCUT2D eigenvalue weighted by atomic mass is 9.83. The highest BCUT2D eigenvalue weighted by atomic mass is 15.3. The van der Waals surface area contributed by atoms with Gasteiger partial charge >= 0.3 is 0 Å². The topological polar surface area (TPSA) is 43.8 Å². The van der Waals surface area contributed by atoms with Crippen LogP contribution in [0.4, 0.5) is 5.82 Å². The first kappa shape index (κ1) is 10.5. The first-order valence-corrected chi connectivity index (χ1v) is 6.03. The van der Waals surface area contributed by atoms with Crippen molar-refractivity contribution in [1.29, 1.82) is 0 Å². The van der Waals surface area contributed by atoms with Crippen LogP contribution >= 0.6 is 0 Å². The Morgan fingerprint density at radius 2 is 2.20 bits per heavy atom. The molecule has 0 bridgehead atoms. The molecule has 15 heavy (non-hydrogen) atoms. The molecule has 2 rings (SSSR count). The Balaban J connectivity index is 2.20. The fraction of sp³-hybridized carbons (Fsp3) is 0.750. The molecule has 1 fully saturated rings. The molecule has 3 heteroatoms. The molecule has 3 nitrogen and oxygen atoms in total. The lowest BCUT2D eigenvalue weighted by Crippen LogP contribution is -2.23. The number of aryl methyl sites for hydroxylation is 1. The van der Waals surface area contributed by atoms with Crippen molar-refractivity contribution in [2.75, 3.05) is 5.73 Å². The first-order valence-electron chi connectivity index (χ1n) is 6.03. The van der Waals surface area contributed by atoms with Gasteiger partial charge in [0.05, 0.1) is 6.04 Å². The van der Waals surface area contributed by atoms with Crippen LogP contribution < -0.4 is 5.73 Å². The summed E-state index contributed by atoms with van der Waals surface area (Å²) in [7, 11) is 0. The highest BCUT2D eigenvalue weighted by Crippen LogP contribution is 2.35.